The van der Waals surface area contributed by atoms with Crippen molar-refractivity contribution in [1.29, 1.82) is 0 Å². The van der Waals surface area contributed by atoms with Gasteiger partial charge in [-0.3, -0.25) is 4.98 Å². The second-order valence-electron chi connectivity index (χ2n) is 6.36. The Bertz CT molecular complexity index is 950. The lowest BCUT2D eigenvalue weighted by Crippen LogP contribution is -2.18. The van der Waals surface area contributed by atoms with Crippen LogP contribution in [0.3, 0.4) is 0 Å². The highest BCUT2D eigenvalue weighted by atomic mass is 16.4. The number of aromatic nitrogens is 5. The molecule has 0 saturated heterocycles. The van der Waals surface area contributed by atoms with Gasteiger partial charge in [-0.05, 0) is 37.0 Å². The van der Waals surface area contributed by atoms with Crippen molar-refractivity contribution in [3.8, 4) is 11.4 Å². The zero-order chi connectivity index (χ0) is 18.1. The highest BCUT2D eigenvalue weighted by Crippen LogP contribution is 2.41. The number of hydrogen-bond acceptors (Lipinski definition) is 6. The van der Waals surface area contributed by atoms with Crippen molar-refractivity contribution in [2.24, 2.45) is 13.0 Å². The molecule has 3 aromatic rings. The molecule has 0 radical (unpaired) electrons. The Morgan fingerprint density at radius 2 is 2.00 bits per heavy atom. The first-order valence-electron chi connectivity index (χ1n) is 8.38. The topological polar surface area (TPSA) is 106 Å². The number of nitrogens with zero attached hydrogens (tertiary/aromatic N) is 5. The Morgan fingerprint density at radius 3 is 2.69 bits per heavy atom. The Balaban J connectivity index is 1.62. The molecule has 0 bridgehead atoms. The summed E-state index contributed by atoms with van der Waals surface area (Å²) in [6.07, 6.45) is 9.10. The molecule has 1 atom stereocenters. The average molecular weight is 350 g/mol. The largest absolute Gasteiger partial charge is 0.478 e. The van der Waals surface area contributed by atoms with Gasteiger partial charge in [-0.1, -0.05) is 0 Å². The van der Waals surface area contributed by atoms with E-state index < -0.39 is 5.97 Å². The van der Waals surface area contributed by atoms with E-state index in [2.05, 4.69) is 25.3 Å². The minimum absolute atomic E-state index is 0.0450. The molecule has 2 N–H and O–H groups in total. The normalized spacial score (nSPS) is 14.8. The van der Waals surface area contributed by atoms with E-state index >= 15 is 0 Å². The Labute approximate surface area is 150 Å². The third-order valence-corrected chi connectivity index (χ3v) is 4.44. The molecule has 0 spiro atoms. The summed E-state index contributed by atoms with van der Waals surface area (Å²) in [5.41, 5.74) is 1.24. The summed E-state index contributed by atoms with van der Waals surface area (Å²) in [6, 6.07) is 4.72. The maximum Gasteiger partial charge on any atom is 0.335 e. The molecule has 8 heteroatoms. The van der Waals surface area contributed by atoms with Crippen LogP contribution in [0.5, 0.6) is 0 Å². The summed E-state index contributed by atoms with van der Waals surface area (Å²) in [4.78, 5) is 28.7. The first-order valence-corrected chi connectivity index (χ1v) is 8.38. The third-order valence-electron chi connectivity index (χ3n) is 4.44. The molecule has 8 nitrogen and oxygen atoms in total. The quantitative estimate of drug-likeness (QED) is 0.703. The monoisotopic (exact) mass is 350 g/mol. The van der Waals surface area contributed by atoms with E-state index in [1.807, 2.05) is 17.8 Å². The number of imidazole rings is 1. The highest BCUT2D eigenvalue weighted by Gasteiger charge is 2.35. The second-order valence-corrected chi connectivity index (χ2v) is 6.36. The smallest absolute Gasteiger partial charge is 0.335 e. The minimum atomic E-state index is -0.996. The van der Waals surface area contributed by atoms with E-state index in [9.17, 15) is 4.79 Å². The highest BCUT2D eigenvalue weighted by molar-refractivity contribution is 5.88. The van der Waals surface area contributed by atoms with Crippen LogP contribution in [0.4, 0.5) is 5.95 Å². The van der Waals surface area contributed by atoms with Gasteiger partial charge < -0.3 is 15.0 Å². The molecule has 1 aliphatic carbocycles. The first kappa shape index (κ1) is 16.2. The van der Waals surface area contributed by atoms with E-state index in [1.54, 1.807) is 18.5 Å². The number of carboxylic acid groups (broad SMARTS) is 1. The summed E-state index contributed by atoms with van der Waals surface area (Å²) in [5.74, 6) is 0.943. The maximum absolute atomic E-state index is 11.2. The van der Waals surface area contributed by atoms with Crippen LogP contribution < -0.4 is 5.32 Å². The summed E-state index contributed by atoms with van der Waals surface area (Å²) < 4.78 is 2.00. The van der Waals surface area contributed by atoms with E-state index in [4.69, 9.17) is 5.11 Å². The van der Waals surface area contributed by atoms with E-state index in [0.29, 0.717) is 23.3 Å². The van der Waals surface area contributed by atoms with Crippen LogP contribution >= 0.6 is 0 Å². The molecule has 1 unspecified atom stereocenters. The van der Waals surface area contributed by atoms with E-state index in [-0.39, 0.29) is 11.6 Å². The molecule has 1 saturated carbocycles. The van der Waals surface area contributed by atoms with Crippen molar-refractivity contribution in [2.75, 3.05) is 5.32 Å². The van der Waals surface area contributed by atoms with Crippen LogP contribution in [0.1, 0.15) is 35.1 Å². The van der Waals surface area contributed by atoms with Gasteiger partial charge in [-0.15, -0.1) is 0 Å². The molecular weight excluding hydrogens is 332 g/mol. The van der Waals surface area contributed by atoms with Gasteiger partial charge in [0.2, 0.25) is 5.95 Å². The first-order chi connectivity index (χ1) is 12.6. The standard InChI is InChI=1S/C18H18N6O2/c1-24-9-8-20-16(24)15(11-2-3-11)23-18-21-7-5-13(22-18)14-10-12(17(25)26)4-6-19-14/h4-11,15H,2-3H2,1H3,(H,25,26)(H,21,22,23). The van der Waals surface area contributed by atoms with Gasteiger partial charge in [-0.25, -0.2) is 19.7 Å². The van der Waals surface area contributed by atoms with Gasteiger partial charge in [0.1, 0.15) is 5.82 Å². The molecule has 0 aromatic carbocycles. The number of pyridine rings is 1. The predicted molar refractivity (Wildman–Crippen MR) is 94.5 cm³/mol. The molecule has 0 amide bonds. The number of carboxylic acids is 1. The number of nitrogens with one attached hydrogen (secondary N) is 1. The zero-order valence-electron chi connectivity index (χ0n) is 14.2. The Morgan fingerprint density at radius 1 is 1.19 bits per heavy atom. The molecular formula is C18H18N6O2. The number of anilines is 1. The van der Waals surface area contributed by atoms with Crippen LogP contribution in [0.25, 0.3) is 11.4 Å². The molecule has 3 aromatic heterocycles. The van der Waals surface area contributed by atoms with E-state index in [0.717, 1.165) is 18.7 Å². The average Bonchev–Trinajstić information content (AvgIpc) is 3.41. The third kappa shape index (κ3) is 3.26. The SMILES string of the molecule is Cn1ccnc1C(Nc1nccc(-c2cc(C(=O)O)ccn2)n1)C1CC1. The minimum Gasteiger partial charge on any atom is -0.478 e. The van der Waals surface area contributed by atoms with Crippen LogP contribution in [-0.2, 0) is 7.05 Å². The molecule has 132 valence electrons. The summed E-state index contributed by atoms with van der Waals surface area (Å²) >= 11 is 0. The van der Waals surface area contributed by atoms with Crippen molar-refractivity contribution < 1.29 is 9.90 Å². The van der Waals surface area contributed by atoms with Gasteiger partial charge in [0.25, 0.3) is 0 Å². The van der Waals surface area contributed by atoms with Gasteiger partial charge in [0.15, 0.2) is 0 Å². The number of aryl methyl sites for hydroxylation is 1. The fraction of sp³-hybridized carbons (Fsp3) is 0.278. The number of aromatic carboxylic acids is 1. The Kier molecular flexibility index (Phi) is 4.08. The molecule has 26 heavy (non-hydrogen) atoms. The van der Waals surface area contributed by atoms with Gasteiger partial charge >= 0.3 is 5.97 Å². The van der Waals surface area contributed by atoms with Crippen molar-refractivity contribution in [3.05, 3.63) is 54.4 Å². The lowest BCUT2D eigenvalue weighted by molar-refractivity contribution is 0.0697. The molecule has 0 aliphatic heterocycles. The second kappa shape index (κ2) is 6.55. The molecule has 3 heterocycles. The van der Waals surface area contributed by atoms with Crippen LogP contribution in [-0.4, -0.2) is 35.6 Å². The number of rotatable bonds is 6. The predicted octanol–water partition coefficient (Wildman–Crippen LogP) is 2.53. The molecule has 1 fully saturated rings. The van der Waals surface area contributed by atoms with Crippen molar-refractivity contribution in [2.45, 2.75) is 18.9 Å². The van der Waals surface area contributed by atoms with Crippen molar-refractivity contribution in [3.63, 3.8) is 0 Å². The summed E-state index contributed by atoms with van der Waals surface area (Å²) in [7, 11) is 1.97. The van der Waals surface area contributed by atoms with Gasteiger partial charge in [0.05, 0.1) is 23.0 Å². The van der Waals surface area contributed by atoms with E-state index in [1.165, 1.54) is 18.3 Å². The van der Waals surface area contributed by atoms with Crippen LogP contribution in [0, 0.1) is 5.92 Å². The molecule has 1 aliphatic rings. The lowest BCUT2D eigenvalue weighted by Gasteiger charge is -2.18. The van der Waals surface area contributed by atoms with Gasteiger partial charge in [0, 0.05) is 31.8 Å². The summed E-state index contributed by atoms with van der Waals surface area (Å²) in [6.45, 7) is 0. The zero-order valence-corrected chi connectivity index (χ0v) is 14.2. The van der Waals surface area contributed by atoms with Crippen LogP contribution in [0.15, 0.2) is 43.0 Å². The lowest BCUT2D eigenvalue weighted by atomic mass is 10.1. The van der Waals surface area contributed by atoms with Crippen molar-refractivity contribution in [1.82, 2.24) is 24.5 Å². The summed E-state index contributed by atoms with van der Waals surface area (Å²) in [5, 5.41) is 12.5. The Hall–Kier alpha value is -3.29. The fourth-order valence-corrected chi connectivity index (χ4v) is 2.91. The van der Waals surface area contributed by atoms with Gasteiger partial charge in [-0.2, -0.15) is 0 Å². The fourth-order valence-electron chi connectivity index (χ4n) is 2.91. The number of hydrogen-bond donors (Lipinski definition) is 2. The maximum atomic E-state index is 11.2. The molecule has 4 rings (SSSR count). The van der Waals surface area contributed by atoms with Crippen molar-refractivity contribution >= 4 is 11.9 Å². The van der Waals surface area contributed by atoms with Crippen LogP contribution in [0.2, 0.25) is 0 Å². The number of carbonyl (C=O) groups is 1.